The molecule has 0 aromatic heterocycles. The predicted molar refractivity (Wildman–Crippen MR) is 93.5 cm³/mol. The third-order valence-electron chi connectivity index (χ3n) is 3.99. The molecule has 0 radical (unpaired) electrons. The number of methoxy groups -OCH3 is 1. The summed E-state index contributed by atoms with van der Waals surface area (Å²) in [6.45, 7) is 3.91. The van der Waals surface area contributed by atoms with Crippen LogP contribution in [0.3, 0.4) is 0 Å². The molecule has 0 aliphatic carbocycles. The standard InChI is InChI=1S/C17H18N2O5S/c1-4-24-12-7-10(5-6-11(12)20)15-14(16(22)23-3)9(2)18-17-19(15)13(21)8-25-17/h5-7,15,20H,4,8H2,1-3H3/t15-/m1/s1. The first-order valence-corrected chi connectivity index (χ1v) is 8.74. The number of aromatic hydroxyl groups is 1. The van der Waals surface area contributed by atoms with Crippen molar-refractivity contribution >= 4 is 28.8 Å². The zero-order valence-corrected chi connectivity index (χ0v) is 14.9. The maximum atomic E-state index is 12.4. The van der Waals surface area contributed by atoms with E-state index in [0.29, 0.717) is 34.4 Å². The van der Waals surface area contributed by atoms with Crippen LogP contribution in [0.15, 0.2) is 34.5 Å². The van der Waals surface area contributed by atoms with Gasteiger partial charge in [-0.05, 0) is 31.5 Å². The van der Waals surface area contributed by atoms with Crippen molar-refractivity contribution in [1.82, 2.24) is 4.90 Å². The van der Waals surface area contributed by atoms with Crippen molar-refractivity contribution in [3.8, 4) is 11.5 Å². The number of phenolic OH excluding ortho intramolecular Hbond substituents is 1. The van der Waals surface area contributed by atoms with E-state index in [1.54, 1.807) is 19.1 Å². The molecule has 1 N–H and O–H groups in total. The highest BCUT2D eigenvalue weighted by Gasteiger charge is 2.43. The van der Waals surface area contributed by atoms with Gasteiger partial charge in [0.2, 0.25) is 5.91 Å². The summed E-state index contributed by atoms with van der Waals surface area (Å²) in [6, 6.07) is 4.13. The highest BCUT2D eigenvalue weighted by molar-refractivity contribution is 8.15. The van der Waals surface area contributed by atoms with Crippen molar-refractivity contribution in [1.29, 1.82) is 0 Å². The Labute approximate surface area is 149 Å². The smallest absolute Gasteiger partial charge is 0.338 e. The summed E-state index contributed by atoms with van der Waals surface area (Å²) in [5.74, 6) is -0.106. The van der Waals surface area contributed by atoms with Crippen LogP contribution >= 0.6 is 11.8 Å². The molecular weight excluding hydrogens is 344 g/mol. The fraction of sp³-hybridized carbons (Fsp3) is 0.353. The first-order chi connectivity index (χ1) is 12.0. The summed E-state index contributed by atoms with van der Waals surface area (Å²) in [5.41, 5.74) is 1.45. The van der Waals surface area contributed by atoms with Crippen molar-refractivity contribution in [2.75, 3.05) is 19.5 Å². The van der Waals surface area contributed by atoms with E-state index in [1.165, 1.54) is 29.8 Å². The molecule has 1 amide bonds. The number of hydrogen-bond donors (Lipinski definition) is 1. The zero-order chi connectivity index (χ0) is 18.1. The van der Waals surface area contributed by atoms with Gasteiger partial charge in [-0.15, -0.1) is 0 Å². The number of aliphatic imine (C=N–C) groups is 1. The number of carbonyl (C=O) groups is 2. The number of benzene rings is 1. The van der Waals surface area contributed by atoms with Crippen LogP contribution in [-0.4, -0.2) is 46.5 Å². The Balaban J connectivity index is 2.15. The molecule has 0 spiro atoms. The summed E-state index contributed by atoms with van der Waals surface area (Å²) in [7, 11) is 1.29. The number of fused-ring (bicyclic) bond motifs is 1. The summed E-state index contributed by atoms with van der Waals surface area (Å²) in [4.78, 5) is 30.6. The molecule has 1 aromatic rings. The van der Waals surface area contributed by atoms with E-state index in [4.69, 9.17) is 9.47 Å². The van der Waals surface area contributed by atoms with E-state index in [1.807, 2.05) is 6.92 Å². The van der Waals surface area contributed by atoms with E-state index in [9.17, 15) is 14.7 Å². The third kappa shape index (κ3) is 2.97. The van der Waals surface area contributed by atoms with E-state index in [-0.39, 0.29) is 17.4 Å². The van der Waals surface area contributed by atoms with Crippen LogP contribution in [0.4, 0.5) is 0 Å². The minimum absolute atomic E-state index is 0.00209. The fourth-order valence-corrected chi connectivity index (χ4v) is 3.84. The Kier molecular flexibility index (Phi) is 4.71. The maximum Gasteiger partial charge on any atom is 0.338 e. The molecular formula is C17H18N2O5S. The largest absolute Gasteiger partial charge is 0.504 e. The SMILES string of the molecule is CCOc1cc([C@@H]2C(C(=O)OC)=C(C)N=C3SCC(=O)N32)ccc1O. The van der Waals surface area contributed by atoms with Crippen molar-refractivity contribution in [3.63, 3.8) is 0 Å². The van der Waals surface area contributed by atoms with Gasteiger partial charge in [-0.1, -0.05) is 17.8 Å². The van der Waals surface area contributed by atoms with Gasteiger partial charge >= 0.3 is 5.97 Å². The predicted octanol–water partition coefficient (Wildman–Crippen LogP) is 2.22. The number of nitrogens with zero attached hydrogens (tertiary/aromatic N) is 2. The minimum atomic E-state index is -0.665. The monoisotopic (exact) mass is 362 g/mol. The number of thioether (sulfide) groups is 1. The molecule has 1 atom stereocenters. The number of amides is 1. The topological polar surface area (TPSA) is 88.4 Å². The molecule has 2 aliphatic rings. The quantitative estimate of drug-likeness (QED) is 0.827. The molecule has 1 saturated heterocycles. The Bertz CT molecular complexity index is 802. The van der Waals surface area contributed by atoms with Gasteiger partial charge in [0.25, 0.3) is 0 Å². The van der Waals surface area contributed by atoms with E-state index >= 15 is 0 Å². The van der Waals surface area contributed by atoms with Crippen molar-refractivity contribution in [2.45, 2.75) is 19.9 Å². The molecule has 1 fully saturated rings. The molecule has 0 bridgehead atoms. The summed E-state index contributed by atoms with van der Waals surface area (Å²) in [5, 5.41) is 10.5. The highest BCUT2D eigenvalue weighted by atomic mass is 32.2. The van der Waals surface area contributed by atoms with Gasteiger partial charge in [0, 0.05) is 0 Å². The molecule has 0 unspecified atom stereocenters. The lowest BCUT2D eigenvalue weighted by Gasteiger charge is -2.32. The van der Waals surface area contributed by atoms with E-state index in [0.717, 1.165) is 0 Å². The third-order valence-corrected chi connectivity index (χ3v) is 4.93. The van der Waals surface area contributed by atoms with Crippen LogP contribution in [0.5, 0.6) is 11.5 Å². The van der Waals surface area contributed by atoms with Crippen LogP contribution in [0.1, 0.15) is 25.5 Å². The number of hydrogen-bond acceptors (Lipinski definition) is 7. The molecule has 25 heavy (non-hydrogen) atoms. The molecule has 1 aromatic carbocycles. The van der Waals surface area contributed by atoms with Crippen molar-refractivity contribution < 1.29 is 24.2 Å². The second-order valence-electron chi connectivity index (χ2n) is 5.50. The molecule has 2 aliphatic heterocycles. The number of phenols is 1. The lowest BCUT2D eigenvalue weighted by Crippen LogP contribution is -2.39. The lowest BCUT2D eigenvalue weighted by atomic mass is 9.94. The average molecular weight is 362 g/mol. The van der Waals surface area contributed by atoms with Crippen molar-refractivity contribution in [3.05, 3.63) is 35.0 Å². The molecule has 3 rings (SSSR count). The molecule has 2 heterocycles. The summed E-state index contributed by atoms with van der Waals surface area (Å²) < 4.78 is 10.3. The molecule has 132 valence electrons. The number of carbonyl (C=O) groups excluding carboxylic acids is 2. The zero-order valence-electron chi connectivity index (χ0n) is 14.1. The average Bonchev–Trinajstić information content (AvgIpc) is 2.96. The number of esters is 1. The van der Waals surface area contributed by atoms with E-state index in [2.05, 4.69) is 4.99 Å². The minimum Gasteiger partial charge on any atom is -0.504 e. The Hall–Kier alpha value is -2.48. The van der Waals surface area contributed by atoms with Gasteiger partial charge in [-0.2, -0.15) is 0 Å². The first kappa shape index (κ1) is 17.3. The Morgan fingerprint density at radius 1 is 1.48 bits per heavy atom. The lowest BCUT2D eigenvalue weighted by molar-refractivity contribution is -0.137. The highest BCUT2D eigenvalue weighted by Crippen LogP contribution is 2.42. The van der Waals surface area contributed by atoms with Crippen LogP contribution in [-0.2, 0) is 14.3 Å². The van der Waals surface area contributed by atoms with Gasteiger partial charge in [-0.3, -0.25) is 9.69 Å². The van der Waals surface area contributed by atoms with Gasteiger partial charge in [0.05, 0.1) is 36.8 Å². The maximum absolute atomic E-state index is 12.4. The number of ether oxygens (including phenoxy) is 2. The number of allylic oxidation sites excluding steroid dienone is 1. The normalized spacial score (nSPS) is 19.6. The summed E-state index contributed by atoms with van der Waals surface area (Å²) >= 11 is 1.34. The number of amidine groups is 1. The second-order valence-corrected chi connectivity index (χ2v) is 6.44. The van der Waals surface area contributed by atoms with Gasteiger partial charge < -0.3 is 14.6 Å². The Morgan fingerprint density at radius 3 is 2.92 bits per heavy atom. The second kappa shape index (κ2) is 6.79. The first-order valence-electron chi connectivity index (χ1n) is 7.76. The summed E-state index contributed by atoms with van der Waals surface area (Å²) in [6.07, 6.45) is 0. The van der Waals surface area contributed by atoms with Crippen LogP contribution < -0.4 is 4.74 Å². The fourth-order valence-electron chi connectivity index (χ4n) is 2.90. The van der Waals surface area contributed by atoms with Crippen LogP contribution in [0.25, 0.3) is 0 Å². The van der Waals surface area contributed by atoms with Gasteiger partial charge in [0.15, 0.2) is 16.7 Å². The van der Waals surface area contributed by atoms with Gasteiger partial charge in [0.1, 0.15) is 0 Å². The molecule has 0 saturated carbocycles. The number of rotatable bonds is 4. The van der Waals surface area contributed by atoms with Crippen molar-refractivity contribution in [2.24, 2.45) is 4.99 Å². The van der Waals surface area contributed by atoms with E-state index < -0.39 is 12.0 Å². The van der Waals surface area contributed by atoms with Crippen LogP contribution in [0.2, 0.25) is 0 Å². The molecule has 8 heteroatoms. The Morgan fingerprint density at radius 2 is 2.24 bits per heavy atom. The van der Waals surface area contributed by atoms with Gasteiger partial charge in [-0.25, -0.2) is 9.79 Å². The molecule has 7 nitrogen and oxygen atoms in total. The van der Waals surface area contributed by atoms with Crippen LogP contribution in [0, 0.1) is 0 Å².